The SMILES string of the molecule is CCC(c1ccc(Br)cc1)N1CCCC(CN)C1.Cl. The highest BCUT2D eigenvalue weighted by Gasteiger charge is 2.25. The summed E-state index contributed by atoms with van der Waals surface area (Å²) in [6, 6.07) is 9.31. The van der Waals surface area contributed by atoms with E-state index in [-0.39, 0.29) is 12.4 Å². The highest BCUT2D eigenvalue weighted by atomic mass is 79.9. The Hall–Kier alpha value is -0.0900. The summed E-state index contributed by atoms with van der Waals surface area (Å²) in [6.45, 7) is 5.47. The summed E-state index contributed by atoms with van der Waals surface area (Å²) in [5, 5.41) is 0. The van der Waals surface area contributed by atoms with Crippen molar-refractivity contribution in [2.75, 3.05) is 19.6 Å². The van der Waals surface area contributed by atoms with Crippen molar-refractivity contribution in [1.82, 2.24) is 4.90 Å². The Morgan fingerprint density at radius 2 is 2.05 bits per heavy atom. The Bertz CT molecular complexity index is 369. The van der Waals surface area contributed by atoms with E-state index in [0.29, 0.717) is 12.0 Å². The molecule has 2 N–H and O–H groups in total. The molecular weight excluding hydrogens is 324 g/mol. The fourth-order valence-corrected chi connectivity index (χ4v) is 3.23. The molecule has 2 nitrogen and oxygen atoms in total. The molecule has 2 atom stereocenters. The van der Waals surface area contributed by atoms with Crippen LogP contribution in [0.15, 0.2) is 28.7 Å². The molecule has 1 aliphatic rings. The molecule has 1 saturated heterocycles. The van der Waals surface area contributed by atoms with Crippen molar-refractivity contribution in [3.8, 4) is 0 Å². The first-order valence-electron chi connectivity index (χ1n) is 6.94. The summed E-state index contributed by atoms with van der Waals surface area (Å²) in [5.74, 6) is 0.684. The zero-order chi connectivity index (χ0) is 13.0. The van der Waals surface area contributed by atoms with E-state index < -0.39 is 0 Å². The molecule has 2 rings (SSSR count). The minimum atomic E-state index is 0. The second-order valence-corrected chi connectivity index (χ2v) is 6.13. The van der Waals surface area contributed by atoms with Crippen LogP contribution in [0.5, 0.6) is 0 Å². The third kappa shape index (κ3) is 4.45. The van der Waals surface area contributed by atoms with E-state index in [0.717, 1.165) is 17.6 Å². The molecule has 1 aromatic rings. The van der Waals surface area contributed by atoms with E-state index in [9.17, 15) is 0 Å². The molecule has 0 radical (unpaired) electrons. The Labute approximate surface area is 131 Å². The second-order valence-electron chi connectivity index (χ2n) is 5.21. The highest BCUT2D eigenvalue weighted by molar-refractivity contribution is 9.10. The number of hydrogen-bond acceptors (Lipinski definition) is 2. The topological polar surface area (TPSA) is 29.3 Å². The lowest BCUT2D eigenvalue weighted by Crippen LogP contribution is -2.40. The van der Waals surface area contributed by atoms with E-state index >= 15 is 0 Å². The van der Waals surface area contributed by atoms with Gasteiger partial charge in [-0.3, -0.25) is 4.90 Å². The molecule has 0 amide bonds. The quantitative estimate of drug-likeness (QED) is 0.892. The minimum absolute atomic E-state index is 0. The average molecular weight is 348 g/mol. The molecule has 0 aliphatic carbocycles. The summed E-state index contributed by atoms with van der Waals surface area (Å²) in [7, 11) is 0. The van der Waals surface area contributed by atoms with Crippen molar-refractivity contribution in [1.29, 1.82) is 0 Å². The summed E-state index contributed by atoms with van der Waals surface area (Å²) in [5.41, 5.74) is 7.26. The lowest BCUT2D eigenvalue weighted by molar-refractivity contribution is 0.122. The Morgan fingerprint density at radius 3 is 2.63 bits per heavy atom. The van der Waals surface area contributed by atoms with Crippen LogP contribution in [-0.4, -0.2) is 24.5 Å². The molecule has 1 aromatic carbocycles. The van der Waals surface area contributed by atoms with Gasteiger partial charge < -0.3 is 5.73 Å². The molecular formula is C15H24BrClN2. The maximum Gasteiger partial charge on any atom is 0.0345 e. The zero-order valence-electron chi connectivity index (χ0n) is 11.5. The first-order chi connectivity index (χ1) is 8.74. The van der Waals surface area contributed by atoms with Gasteiger partial charge in [0.15, 0.2) is 0 Å². The summed E-state index contributed by atoms with van der Waals surface area (Å²) < 4.78 is 1.15. The molecule has 0 saturated carbocycles. The van der Waals surface area contributed by atoms with Crippen molar-refractivity contribution in [2.45, 2.75) is 32.2 Å². The lowest BCUT2D eigenvalue weighted by Gasteiger charge is -2.38. The molecule has 0 aromatic heterocycles. The minimum Gasteiger partial charge on any atom is -0.330 e. The molecule has 2 unspecified atom stereocenters. The molecule has 1 fully saturated rings. The predicted molar refractivity (Wildman–Crippen MR) is 87.8 cm³/mol. The van der Waals surface area contributed by atoms with Gasteiger partial charge in [-0.2, -0.15) is 0 Å². The van der Waals surface area contributed by atoms with Gasteiger partial charge in [0.1, 0.15) is 0 Å². The first kappa shape index (κ1) is 17.0. The van der Waals surface area contributed by atoms with Crippen LogP contribution in [-0.2, 0) is 0 Å². The van der Waals surface area contributed by atoms with Gasteiger partial charge in [0.2, 0.25) is 0 Å². The summed E-state index contributed by atoms with van der Waals surface area (Å²) in [4.78, 5) is 2.62. The van der Waals surface area contributed by atoms with Crippen molar-refractivity contribution < 1.29 is 0 Å². The van der Waals surface area contributed by atoms with Crippen LogP contribution in [0.3, 0.4) is 0 Å². The molecule has 4 heteroatoms. The van der Waals surface area contributed by atoms with Gasteiger partial charge in [-0.1, -0.05) is 35.0 Å². The van der Waals surface area contributed by atoms with E-state index in [4.69, 9.17) is 5.73 Å². The largest absolute Gasteiger partial charge is 0.330 e. The fraction of sp³-hybridized carbons (Fsp3) is 0.600. The molecule has 1 heterocycles. The van der Waals surface area contributed by atoms with E-state index in [1.165, 1.54) is 31.4 Å². The van der Waals surface area contributed by atoms with Crippen molar-refractivity contribution in [3.05, 3.63) is 34.3 Å². The molecule has 0 spiro atoms. The maximum absolute atomic E-state index is 5.83. The fourth-order valence-electron chi connectivity index (χ4n) is 2.96. The van der Waals surface area contributed by atoms with Gasteiger partial charge in [0.05, 0.1) is 0 Å². The Kier molecular flexibility index (Phi) is 7.37. The van der Waals surface area contributed by atoms with Gasteiger partial charge >= 0.3 is 0 Å². The molecule has 19 heavy (non-hydrogen) atoms. The number of benzene rings is 1. The second kappa shape index (κ2) is 8.25. The van der Waals surface area contributed by atoms with Gasteiger partial charge in [-0.25, -0.2) is 0 Å². The third-order valence-corrected chi connectivity index (χ3v) is 4.49. The number of nitrogens with zero attached hydrogens (tertiary/aromatic N) is 1. The van der Waals surface area contributed by atoms with Gasteiger partial charge in [-0.15, -0.1) is 12.4 Å². The normalized spacial score (nSPS) is 21.7. The third-order valence-electron chi connectivity index (χ3n) is 3.97. The molecule has 108 valence electrons. The van der Waals surface area contributed by atoms with Crippen LogP contribution >= 0.6 is 28.3 Å². The Balaban J connectivity index is 0.00000180. The monoisotopic (exact) mass is 346 g/mol. The predicted octanol–water partition coefficient (Wildman–Crippen LogP) is 3.99. The first-order valence-corrected chi connectivity index (χ1v) is 7.73. The van der Waals surface area contributed by atoms with Crippen molar-refractivity contribution in [2.24, 2.45) is 11.7 Å². The maximum atomic E-state index is 5.83. The molecule has 1 aliphatic heterocycles. The number of rotatable bonds is 4. The summed E-state index contributed by atoms with van der Waals surface area (Å²) in [6.07, 6.45) is 3.75. The van der Waals surface area contributed by atoms with Crippen LogP contribution in [0.25, 0.3) is 0 Å². The summed E-state index contributed by atoms with van der Waals surface area (Å²) >= 11 is 3.50. The smallest absolute Gasteiger partial charge is 0.0345 e. The van der Waals surface area contributed by atoms with Crippen molar-refractivity contribution >= 4 is 28.3 Å². The van der Waals surface area contributed by atoms with Crippen LogP contribution in [0.4, 0.5) is 0 Å². The van der Waals surface area contributed by atoms with Crippen LogP contribution in [0.2, 0.25) is 0 Å². The number of hydrogen-bond donors (Lipinski definition) is 1. The van der Waals surface area contributed by atoms with E-state index in [1.807, 2.05) is 0 Å². The lowest BCUT2D eigenvalue weighted by atomic mass is 9.94. The Morgan fingerprint density at radius 1 is 1.37 bits per heavy atom. The number of nitrogens with two attached hydrogens (primary N) is 1. The average Bonchev–Trinajstić information content (AvgIpc) is 2.42. The number of likely N-dealkylation sites (tertiary alicyclic amines) is 1. The standard InChI is InChI=1S/C15H23BrN2.ClH/c1-2-15(13-5-7-14(16)8-6-13)18-9-3-4-12(10-17)11-18;/h5-8,12,15H,2-4,9-11,17H2,1H3;1H. The van der Waals surface area contributed by atoms with Gasteiger partial charge in [0.25, 0.3) is 0 Å². The van der Waals surface area contributed by atoms with E-state index in [2.05, 4.69) is 52.0 Å². The van der Waals surface area contributed by atoms with Crippen LogP contribution in [0.1, 0.15) is 37.8 Å². The number of piperidine rings is 1. The van der Waals surface area contributed by atoms with Gasteiger partial charge in [-0.05, 0) is 56.0 Å². The highest BCUT2D eigenvalue weighted by Crippen LogP contribution is 2.29. The van der Waals surface area contributed by atoms with Crippen LogP contribution in [0, 0.1) is 5.92 Å². The van der Waals surface area contributed by atoms with E-state index in [1.54, 1.807) is 0 Å². The van der Waals surface area contributed by atoms with Crippen LogP contribution < -0.4 is 5.73 Å². The van der Waals surface area contributed by atoms with Crippen molar-refractivity contribution in [3.63, 3.8) is 0 Å². The van der Waals surface area contributed by atoms with Gasteiger partial charge in [0, 0.05) is 17.1 Å². The zero-order valence-corrected chi connectivity index (χ0v) is 13.9. The molecule has 0 bridgehead atoms. The number of halogens is 2.